The highest BCUT2D eigenvalue weighted by molar-refractivity contribution is 5.85. The fourth-order valence-electron chi connectivity index (χ4n) is 2.65. The molecule has 0 heterocycles. The van der Waals surface area contributed by atoms with E-state index in [0.717, 1.165) is 32.1 Å². The van der Waals surface area contributed by atoms with Gasteiger partial charge in [-0.25, -0.2) is 0 Å². The van der Waals surface area contributed by atoms with Crippen LogP contribution in [0.4, 0.5) is 0 Å². The van der Waals surface area contributed by atoms with Gasteiger partial charge in [-0.15, -0.1) is 12.4 Å². The minimum Gasteiger partial charge on any atom is -0.365 e. The maximum atomic E-state index is 12.2. The number of halogens is 1. The van der Waals surface area contributed by atoms with E-state index in [1.807, 2.05) is 6.92 Å². The van der Waals surface area contributed by atoms with Crippen molar-refractivity contribution in [3.05, 3.63) is 0 Å². The summed E-state index contributed by atoms with van der Waals surface area (Å²) in [6, 6.07) is 0. The van der Waals surface area contributed by atoms with Crippen molar-refractivity contribution in [1.82, 2.24) is 5.32 Å². The average molecular weight is 321 g/mol. The minimum absolute atomic E-state index is 0. The topological polar surface area (TPSA) is 64.3 Å². The van der Waals surface area contributed by atoms with Crippen LogP contribution >= 0.6 is 12.4 Å². The van der Waals surface area contributed by atoms with Crippen molar-refractivity contribution in [3.8, 4) is 0 Å². The second kappa shape index (κ2) is 10.4. The van der Waals surface area contributed by atoms with Gasteiger partial charge in [0.25, 0.3) is 0 Å². The SMILES string of the molecule is CCC(OC1CCCCC1)C(=O)NCC(N)(CC)CC.Cl. The molecule has 0 radical (unpaired) electrons. The van der Waals surface area contributed by atoms with Gasteiger partial charge in [-0.2, -0.15) is 0 Å². The van der Waals surface area contributed by atoms with Crippen molar-refractivity contribution in [2.45, 2.75) is 89.9 Å². The van der Waals surface area contributed by atoms with E-state index in [9.17, 15) is 4.79 Å². The largest absolute Gasteiger partial charge is 0.365 e. The molecular weight excluding hydrogens is 288 g/mol. The van der Waals surface area contributed by atoms with Gasteiger partial charge >= 0.3 is 0 Å². The van der Waals surface area contributed by atoms with Crippen LogP contribution < -0.4 is 11.1 Å². The molecule has 0 spiro atoms. The normalized spacial score (nSPS) is 17.9. The van der Waals surface area contributed by atoms with Gasteiger partial charge in [-0.3, -0.25) is 4.79 Å². The molecule has 5 heteroatoms. The standard InChI is InChI=1S/C16H32N2O2.ClH/c1-4-14(20-13-10-8-7-9-11-13)15(19)18-12-16(17,5-2)6-3;/h13-14H,4-12,17H2,1-3H3,(H,18,19);1H. The quantitative estimate of drug-likeness (QED) is 0.722. The third kappa shape index (κ3) is 6.98. The summed E-state index contributed by atoms with van der Waals surface area (Å²) in [7, 11) is 0. The van der Waals surface area contributed by atoms with Crippen LogP contribution in [0, 0.1) is 0 Å². The van der Waals surface area contributed by atoms with Crippen LogP contribution in [0.5, 0.6) is 0 Å². The zero-order valence-electron chi connectivity index (χ0n) is 13.8. The molecule has 4 nitrogen and oxygen atoms in total. The Labute approximate surface area is 136 Å². The van der Waals surface area contributed by atoms with Crippen molar-refractivity contribution >= 4 is 18.3 Å². The van der Waals surface area contributed by atoms with Crippen LogP contribution in [0.1, 0.15) is 72.1 Å². The van der Waals surface area contributed by atoms with E-state index in [1.54, 1.807) is 0 Å². The van der Waals surface area contributed by atoms with Crippen molar-refractivity contribution in [1.29, 1.82) is 0 Å². The lowest BCUT2D eigenvalue weighted by atomic mass is 9.94. The summed E-state index contributed by atoms with van der Waals surface area (Å²) in [6.45, 7) is 6.66. The predicted molar refractivity (Wildman–Crippen MR) is 89.8 cm³/mol. The van der Waals surface area contributed by atoms with Gasteiger partial charge in [0.1, 0.15) is 6.10 Å². The number of hydrogen-bond donors (Lipinski definition) is 2. The smallest absolute Gasteiger partial charge is 0.249 e. The number of hydrogen-bond acceptors (Lipinski definition) is 3. The molecule has 0 aromatic heterocycles. The molecule has 0 aromatic rings. The number of ether oxygens (including phenoxy) is 1. The number of carbonyl (C=O) groups excluding carboxylic acids is 1. The Balaban J connectivity index is 0.00000400. The molecule has 1 aliphatic carbocycles. The molecule has 0 saturated heterocycles. The first-order chi connectivity index (χ1) is 9.54. The molecule has 0 bridgehead atoms. The van der Waals surface area contributed by atoms with Gasteiger partial charge in [0, 0.05) is 12.1 Å². The Morgan fingerprint density at radius 3 is 2.29 bits per heavy atom. The highest BCUT2D eigenvalue weighted by Gasteiger charge is 2.26. The van der Waals surface area contributed by atoms with Crippen molar-refractivity contribution in [3.63, 3.8) is 0 Å². The Morgan fingerprint density at radius 2 is 1.81 bits per heavy atom. The van der Waals surface area contributed by atoms with Crippen LogP contribution in [0.2, 0.25) is 0 Å². The molecule has 21 heavy (non-hydrogen) atoms. The van der Waals surface area contributed by atoms with Gasteiger partial charge in [-0.1, -0.05) is 40.0 Å². The number of carbonyl (C=O) groups is 1. The van der Waals surface area contributed by atoms with E-state index in [2.05, 4.69) is 19.2 Å². The Hall–Kier alpha value is -0.320. The highest BCUT2D eigenvalue weighted by atomic mass is 35.5. The number of amides is 1. The molecule has 1 rings (SSSR count). The van der Waals surface area contributed by atoms with Crippen molar-refractivity contribution < 1.29 is 9.53 Å². The third-order valence-electron chi connectivity index (χ3n) is 4.60. The Bertz CT molecular complexity index is 290. The van der Waals surface area contributed by atoms with Crippen molar-refractivity contribution in [2.24, 2.45) is 5.73 Å². The lowest BCUT2D eigenvalue weighted by Crippen LogP contribution is -2.51. The fraction of sp³-hybridized carbons (Fsp3) is 0.938. The highest BCUT2D eigenvalue weighted by Crippen LogP contribution is 2.22. The number of nitrogens with two attached hydrogens (primary N) is 1. The molecule has 3 N–H and O–H groups in total. The summed E-state index contributed by atoms with van der Waals surface area (Å²) in [5.74, 6) is -0.00482. The van der Waals surface area contributed by atoms with Crippen LogP contribution in [-0.2, 0) is 9.53 Å². The molecule has 1 atom stereocenters. The molecule has 1 saturated carbocycles. The van der Waals surface area contributed by atoms with Crippen LogP contribution in [-0.4, -0.2) is 30.2 Å². The number of rotatable bonds is 8. The van der Waals surface area contributed by atoms with Crippen LogP contribution in [0.3, 0.4) is 0 Å². The van der Waals surface area contributed by atoms with E-state index in [0.29, 0.717) is 6.54 Å². The van der Waals surface area contributed by atoms with Crippen molar-refractivity contribution in [2.75, 3.05) is 6.54 Å². The Morgan fingerprint density at radius 1 is 1.24 bits per heavy atom. The van der Waals surface area contributed by atoms with E-state index in [-0.39, 0.29) is 36.1 Å². The van der Waals surface area contributed by atoms with Gasteiger partial charge in [0.15, 0.2) is 0 Å². The zero-order valence-corrected chi connectivity index (χ0v) is 14.6. The third-order valence-corrected chi connectivity index (χ3v) is 4.60. The zero-order chi connectivity index (χ0) is 15.0. The summed E-state index contributed by atoms with van der Waals surface area (Å²) in [6.07, 6.45) is 8.32. The molecule has 1 fully saturated rings. The Kier molecular flexibility index (Phi) is 10.3. The monoisotopic (exact) mass is 320 g/mol. The van der Waals surface area contributed by atoms with Crippen LogP contribution in [0.25, 0.3) is 0 Å². The van der Waals surface area contributed by atoms with Gasteiger partial charge in [0.05, 0.1) is 6.10 Å². The molecule has 126 valence electrons. The number of nitrogens with one attached hydrogen (secondary N) is 1. The predicted octanol–water partition coefficient (Wildman–Crippen LogP) is 3.17. The lowest BCUT2D eigenvalue weighted by Gasteiger charge is -2.29. The molecule has 0 aromatic carbocycles. The summed E-state index contributed by atoms with van der Waals surface area (Å²) < 4.78 is 5.98. The first kappa shape index (κ1) is 20.7. The molecule has 1 amide bonds. The first-order valence-corrected chi connectivity index (χ1v) is 8.26. The van der Waals surface area contributed by atoms with E-state index in [1.165, 1.54) is 19.3 Å². The molecular formula is C16H33ClN2O2. The van der Waals surface area contributed by atoms with E-state index >= 15 is 0 Å². The average Bonchev–Trinajstić information content (AvgIpc) is 2.51. The van der Waals surface area contributed by atoms with Gasteiger partial charge < -0.3 is 15.8 Å². The minimum atomic E-state index is -0.323. The van der Waals surface area contributed by atoms with E-state index in [4.69, 9.17) is 10.5 Å². The lowest BCUT2D eigenvalue weighted by molar-refractivity contribution is -0.138. The summed E-state index contributed by atoms with van der Waals surface area (Å²) in [4.78, 5) is 12.2. The maximum Gasteiger partial charge on any atom is 0.249 e. The molecule has 0 aliphatic heterocycles. The summed E-state index contributed by atoms with van der Waals surface area (Å²) >= 11 is 0. The van der Waals surface area contributed by atoms with E-state index < -0.39 is 0 Å². The maximum absolute atomic E-state index is 12.2. The van der Waals surface area contributed by atoms with Crippen LogP contribution in [0.15, 0.2) is 0 Å². The second-order valence-corrected chi connectivity index (χ2v) is 6.08. The first-order valence-electron chi connectivity index (χ1n) is 8.26. The summed E-state index contributed by atoms with van der Waals surface area (Å²) in [5, 5.41) is 2.98. The summed E-state index contributed by atoms with van der Waals surface area (Å²) in [5.41, 5.74) is 5.92. The molecule has 1 unspecified atom stereocenters. The second-order valence-electron chi connectivity index (χ2n) is 6.08. The van der Waals surface area contributed by atoms with Gasteiger partial charge in [-0.05, 0) is 32.1 Å². The fourth-order valence-corrected chi connectivity index (χ4v) is 2.65. The molecule has 1 aliphatic rings. The van der Waals surface area contributed by atoms with Gasteiger partial charge in [0.2, 0.25) is 5.91 Å².